The highest BCUT2D eigenvalue weighted by molar-refractivity contribution is 5.82. The molecule has 1 saturated carbocycles. The number of hydrogen-bond acceptors (Lipinski definition) is 1. The third-order valence-corrected chi connectivity index (χ3v) is 3.47. The molecule has 78 valence electrons. The molecule has 1 heterocycles. The molecule has 2 heteroatoms. The van der Waals surface area contributed by atoms with Crippen LogP contribution < -0.4 is 0 Å². The van der Waals surface area contributed by atoms with Crippen molar-refractivity contribution in [3.63, 3.8) is 0 Å². The maximum atomic E-state index is 4.67. The van der Waals surface area contributed by atoms with Gasteiger partial charge in [-0.05, 0) is 44.7 Å². The van der Waals surface area contributed by atoms with E-state index in [4.69, 9.17) is 0 Å². The Morgan fingerprint density at radius 3 is 2.73 bits per heavy atom. The summed E-state index contributed by atoms with van der Waals surface area (Å²) in [6.07, 6.45) is 3.95. The molecule has 0 unspecified atom stereocenters. The summed E-state index contributed by atoms with van der Waals surface area (Å²) in [6, 6.07) is 7.28. The van der Waals surface area contributed by atoms with Crippen molar-refractivity contribution < 1.29 is 0 Å². The zero-order chi connectivity index (χ0) is 10.4. The van der Waals surface area contributed by atoms with Gasteiger partial charge in [0.25, 0.3) is 0 Å². The van der Waals surface area contributed by atoms with Crippen molar-refractivity contribution in [3.8, 4) is 0 Å². The van der Waals surface area contributed by atoms with Crippen LogP contribution in [-0.2, 0) is 0 Å². The van der Waals surface area contributed by atoms with Gasteiger partial charge in [0.2, 0.25) is 0 Å². The first-order valence-corrected chi connectivity index (χ1v) is 5.71. The average molecular weight is 200 g/mol. The fourth-order valence-electron chi connectivity index (χ4n) is 2.32. The maximum absolute atomic E-state index is 4.67. The number of rotatable bonds is 1. The van der Waals surface area contributed by atoms with E-state index in [0.717, 1.165) is 5.69 Å². The summed E-state index contributed by atoms with van der Waals surface area (Å²) in [4.78, 5) is 0. The van der Waals surface area contributed by atoms with E-state index in [1.807, 2.05) is 0 Å². The number of nitrogens with zero attached hydrogens (tertiary/aromatic N) is 2. The molecule has 1 fully saturated rings. The quantitative estimate of drug-likeness (QED) is 0.690. The SMILES string of the molecule is Cc1ccc2c(C)nn(C3CCC3)c2c1. The van der Waals surface area contributed by atoms with Crippen LogP contribution in [-0.4, -0.2) is 9.78 Å². The third kappa shape index (κ3) is 1.28. The van der Waals surface area contributed by atoms with Crippen molar-refractivity contribution in [2.24, 2.45) is 0 Å². The summed E-state index contributed by atoms with van der Waals surface area (Å²) in [5.74, 6) is 0. The Hall–Kier alpha value is -1.31. The summed E-state index contributed by atoms with van der Waals surface area (Å²) < 4.78 is 2.24. The minimum absolute atomic E-state index is 0.656. The molecule has 0 aliphatic heterocycles. The van der Waals surface area contributed by atoms with Crippen LogP contribution in [0, 0.1) is 13.8 Å². The summed E-state index contributed by atoms with van der Waals surface area (Å²) in [5.41, 5.74) is 3.80. The van der Waals surface area contributed by atoms with Crippen LogP contribution in [0.25, 0.3) is 10.9 Å². The summed E-state index contributed by atoms with van der Waals surface area (Å²) in [7, 11) is 0. The van der Waals surface area contributed by atoms with E-state index in [1.54, 1.807) is 0 Å². The number of hydrogen-bond donors (Lipinski definition) is 0. The van der Waals surface area contributed by atoms with Crippen LogP contribution in [0.5, 0.6) is 0 Å². The van der Waals surface area contributed by atoms with Crippen LogP contribution in [0.2, 0.25) is 0 Å². The van der Waals surface area contributed by atoms with E-state index in [0.29, 0.717) is 6.04 Å². The molecule has 1 aromatic heterocycles. The minimum atomic E-state index is 0.656. The fraction of sp³-hybridized carbons (Fsp3) is 0.462. The monoisotopic (exact) mass is 200 g/mol. The Morgan fingerprint density at radius 1 is 1.27 bits per heavy atom. The van der Waals surface area contributed by atoms with Gasteiger partial charge < -0.3 is 0 Å². The molecule has 0 spiro atoms. The Bertz CT molecular complexity index is 506. The highest BCUT2D eigenvalue weighted by Gasteiger charge is 2.22. The molecule has 1 aliphatic rings. The van der Waals surface area contributed by atoms with Crippen molar-refractivity contribution >= 4 is 10.9 Å². The Kier molecular flexibility index (Phi) is 1.84. The lowest BCUT2D eigenvalue weighted by Gasteiger charge is -2.26. The first-order valence-electron chi connectivity index (χ1n) is 5.71. The lowest BCUT2D eigenvalue weighted by molar-refractivity contribution is 0.296. The highest BCUT2D eigenvalue weighted by atomic mass is 15.3. The third-order valence-electron chi connectivity index (χ3n) is 3.47. The topological polar surface area (TPSA) is 17.8 Å². The molecule has 2 nitrogen and oxygen atoms in total. The lowest BCUT2D eigenvalue weighted by Crippen LogP contribution is -2.18. The Balaban J connectivity index is 2.24. The van der Waals surface area contributed by atoms with Crippen LogP contribution in [0.15, 0.2) is 18.2 Å². The van der Waals surface area contributed by atoms with E-state index in [2.05, 4.69) is 41.8 Å². The molecule has 0 bridgehead atoms. The second kappa shape index (κ2) is 3.09. The predicted octanol–water partition coefficient (Wildman–Crippen LogP) is 3.38. The van der Waals surface area contributed by atoms with Crippen LogP contribution in [0.3, 0.4) is 0 Å². The largest absolute Gasteiger partial charge is 0.262 e. The molecule has 3 rings (SSSR count). The van der Waals surface area contributed by atoms with Gasteiger partial charge in [-0.25, -0.2) is 0 Å². The van der Waals surface area contributed by atoms with E-state index < -0.39 is 0 Å². The smallest absolute Gasteiger partial charge is 0.0691 e. The summed E-state index contributed by atoms with van der Waals surface area (Å²) in [6.45, 7) is 4.25. The average Bonchev–Trinajstić information content (AvgIpc) is 2.41. The van der Waals surface area contributed by atoms with Gasteiger partial charge in [-0.15, -0.1) is 0 Å². The molecule has 0 radical (unpaired) electrons. The molecule has 1 aliphatic carbocycles. The molecular formula is C13H16N2. The number of aryl methyl sites for hydroxylation is 2. The van der Waals surface area contributed by atoms with Crippen LogP contribution >= 0.6 is 0 Å². The molecule has 0 N–H and O–H groups in total. The number of aromatic nitrogens is 2. The molecule has 0 saturated heterocycles. The van der Waals surface area contributed by atoms with E-state index >= 15 is 0 Å². The zero-order valence-corrected chi connectivity index (χ0v) is 9.33. The van der Waals surface area contributed by atoms with Gasteiger partial charge in [-0.1, -0.05) is 12.1 Å². The standard InChI is InChI=1S/C13H16N2/c1-9-6-7-12-10(2)14-15(13(12)8-9)11-4-3-5-11/h6-8,11H,3-5H2,1-2H3. The van der Waals surface area contributed by atoms with Crippen molar-refractivity contribution in [2.45, 2.75) is 39.2 Å². The van der Waals surface area contributed by atoms with Gasteiger partial charge in [-0.2, -0.15) is 5.10 Å². The molecule has 0 amide bonds. The Morgan fingerprint density at radius 2 is 2.07 bits per heavy atom. The van der Waals surface area contributed by atoms with Crippen molar-refractivity contribution in [1.29, 1.82) is 0 Å². The highest BCUT2D eigenvalue weighted by Crippen LogP contribution is 2.34. The van der Waals surface area contributed by atoms with Gasteiger partial charge in [0.1, 0.15) is 0 Å². The van der Waals surface area contributed by atoms with Crippen molar-refractivity contribution in [3.05, 3.63) is 29.5 Å². The second-order valence-corrected chi connectivity index (χ2v) is 4.64. The summed E-state index contributed by atoms with van der Waals surface area (Å²) in [5, 5.41) is 5.98. The van der Waals surface area contributed by atoms with Gasteiger partial charge in [0.15, 0.2) is 0 Å². The van der Waals surface area contributed by atoms with Gasteiger partial charge in [-0.3, -0.25) is 4.68 Å². The van der Waals surface area contributed by atoms with E-state index in [-0.39, 0.29) is 0 Å². The van der Waals surface area contributed by atoms with Crippen molar-refractivity contribution in [2.75, 3.05) is 0 Å². The first kappa shape index (κ1) is 8.96. The maximum Gasteiger partial charge on any atom is 0.0691 e. The Labute approximate surface area is 89.9 Å². The molecule has 2 aromatic rings. The lowest BCUT2D eigenvalue weighted by atomic mass is 9.93. The number of fused-ring (bicyclic) bond motifs is 1. The molecule has 0 atom stereocenters. The second-order valence-electron chi connectivity index (χ2n) is 4.64. The minimum Gasteiger partial charge on any atom is -0.262 e. The molecule has 15 heavy (non-hydrogen) atoms. The molecule has 1 aromatic carbocycles. The van der Waals surface area contributed by atoms with E-state index in [1.165, 1.54) is 35.7 Å². The first-order chi connectivity index (χ1) is 7.25. The summed E-state index contributed by atoms with van der Waals surface area (Å²) >= 11 is 0. The normalized spacial score (nSPS) is 16.9. The van der Waals surface area contributed by atoms with Crippen LogP contribution in [0.4, 0.5) is 0 Å². The van der Waals surface area contributed by atoms with Crippen LogP contribution in [0.1, 0.15) is 36.6 Å². The van der Waals surface area contributed by atoms with E-state index in [9.17, 15) is 0 Å². The predicted molar refractivity (Wildman–Crippen MR) is 62.1 cm³/mol. The fourth-order valence-corrected chi connectivity index (χ4v) is 2.32. The number of benzene rings is 1. The van der Waals surface area contributed by atoms with Crippen molar-refractivity contribution in [1.82, 2.24) is 9.78 Å². The van der Waals surface area contributed by atoms with Gasteiger partial charge in [0.05, 0.1) is 17.3 Å². The van der Waals surface area contributed by atoms with Gasteiger partial charge >= 0.3 is 0 Å². The van der Waals surface area contributed by atoms with Gasteiger partial charge in [0, 0.05) is 5.39 Å². The zero-order valence-electron chi connectivity index (χ0n) is 9.33. The molecular weight excluding hydrogens is 184 g/mol.